The average molecular weight is 392 g/mol. The van der Waals surface area contributed by atoms with E-state index in [0.717, 1.165) is 5.56 Å². The molecule has 3 aromatic rings. The molecule has 1 aromatic heterocycles. The summed E-state index contributed by atoms with van der Waals surface area (Å²) in [6.45, 7) is 0.400. The molecule has 0 aliphatic heterocycles. The van der Waals surface area contributed by atoms with E-state index in [-0.39, 0.29) is 11.3 Å². The van der Waals surface area contributed by atoms with Crippen molar-refractivity contribution >= 4 is 46.4 Å². The van der Waals surface area contributed by atoms with E-state index in [1.54, 1.807) is 42.5 Å². The minimum Gasteiger partial charge on any atom is -0.508 e. The molecule has 0 unspecified atom stereocenters. The van der Waals surface area contributed by atoms with E-state index >= 15 is 0 Å². The molecule has 2 aromatic carbocycles. The maximum atomic E-state index is 11.9. The molecular formula is C17H15Cl2N5O2. The summed E-state index contributed by atoms with van der Waals surface area (Å²) in [7, 11) is 0. The number of aromatic amines is 1. The normalized spacial score (nSPS) is 10.5. The molecule has 1 heterocycles. The summed E-state index contributed by atoms with van der Waals surface area (Å²) in [6.07, 6.45) is 0. The van der Waals surface area contributed by atoms with Gasteiger partial charge in [-0.1, -0.05) is 35.3 Å². The smallest absolute Gasteiger partial charge is 0.256 e. The van der Waals surface area contributed by atoms with Crippen LogP contribution in [0.1, 0.15) is 15.9 Å². The number of aromatic hydroxyl groups is 1. The van der Waals surface area contributed by atoms with Crippen molar-refractivity contribution in [1.82, 2.24) is 10.2 Å². The highest BCUT2D eigenvalue weighted by atomic mass is 35.5. The third-order valence-electron chi connectivity index (χ3n) is 3.60. The first-order valence-electron chi connectivity index (χ1n) is 7.56. The Balaban J connectivity index is 1.80. The van der Waals surface area contributed by atoms with Gasteiger partial charge in [0.25, 0.3) is 5.91 Å². The quantitative estimate of drug-likeness (QED) is 0.437. The van der Waals surface area contributed by atoms with Gasteiger partial charge in [-0.15, -0.1) is 0 Å². The van der Waals surface area contributed by atoms with E-state index < -0.39 is 5.91 Å². The molecule has 0 aliphatic rings. The number of primary amides is 1. The lowest BCUT2D eigenvalue weighted by Crippen LogP contribution is -2.15. The van der Waals surface area contributed by atoms with Gasteiger partial charge in [-0.25, -0.2) is 0 Å². The van der Waals surface area contributed by atoms with Gasteiger partial charge in [-0.3, -0.25) is 9.89 Å². The Morgan fingerprint density at radius 2 is 1.88 bits per heavy atom. The molecule has 1 amide bonds. The van der Waals surface area contributed by atoms with Gasteiger partial charge >= 0.3 is 0 Å². The maximum Gasteiger partial charge on any atom is 0.256 e. The first kappa shape index (κ1) is 17.9. The summed E-state index contributed by atoms with van der Waals surface area (Å²) >= 11 is 11.9. The number of nitrogens with zero attached hydrogens (tertiary/aromatic N) is 1. The number of H-pyrrole nitrogens is 1. The first-order valence-corrected chi connectivity index (χ1v) is 8.31. The fourth-order valence-electron chi connectivity index (χ4n) is 2.32. The van der Waals surface area contributed by atoms with Crippen molar-refractivity contribution in [1.29, 1.82) is 0 Å². The van der Waals surface area contributed by atoms with Crippen LogP contribution >= 0.6 is 23.2 Å². The summed E-state index contributed by atoms with van der Waals surface area (Å²) in [5.41, 5.74) is 7.21. The number of phenols is 1. The number of carbonyl (C=O) groups excluding carboxylic acids is 1. The second-order valence-corrected chi connectivity index (χ2v) is 6.27. The summed E-state index contributed by atoms with van der Waals surface area (Å²) in [5, 5.41) is 23.0. The van der Waals surface area contributed by atoms with Crippen molar-refractivity contribution in [3.8, 4) is 5.75 Å². The van der Waals surface area contributed by atoms with Crippen LogP contribution < -0.4 is 16.4 Å². The molecular weight excluding hydrogens is 377 g/mol. The number of anilines is 3. The number of nitrogens with one attached hydrogen (secondary N) is 3. The third-order valence-corrected chi connectivity index (χ3v) is 4.34. The average Bonchev–Trinajstić information content (AvgIpc) is 3.00. The van der Waals surface area contributed by atoms with Crippen LogP contribution in [0.5, 0.6) is 5.75 Å². The van der Waals surface area contributed by atoms with Crippen molar-refractivity contribution in [2.75, 3.05) is 10.6 Å². The zero-order valence-electron chi connectivity index (χ0n) is 13.4. The van der Waals surface area contributed by atoms with Crippen LogP contribution in [0.3, 0.4) is 0 Å². The lowest BCUT2D eigenvalue weighted by molar-refractivity contribution is 0.100. The molecule has 6 N–H and O–H groups in total. The SMILES string of the molecule is NC(=O)c1c(NCc2ccc(O)cc2)n[nH]c1Nc1ccc(Cl)c(Cl)c1. The van der Waals surface area contributed by atoms with Crippen LogP contribution in [-0.4, -0.2) is 21.2 Å². The van der Waals surface area contributed by atoms with E-state index in [1.807, 2.05) is 0 Å². The number of benzene rings is 2. The summed E-state index contributed by atoms with van der Waals surface area (Å²) < 4.78 is 0. The topological polar surface area (TPSA) is 116 Å². The van der Waals surface area contributed by atoms with Crippen molar-refractivity contribution in [2.24, 2.45) is 5.73 Å². The number of amides is 1. The van der Waals surface area contributed by atoms with Crippen LogP contribution in [0.4, 0.5) is 17.3 Å². The van der Waals surface area contributed by atoms with Gasteiger partial charge < -0.3 is 21.5 Å². The maximum absolute atomic E-state index is 11.9. The van der Waals surface area contributed by atoms with Gasteiger partial charge in [-0.2, -0.15) is 5.10 Å². The number of hydrogen-bond donors (Lipinski definition) is 5. The number of phenolic OH excluding ortho intramolecular Hbond substituents is 1. The van der Waals surface area contributed by atoms with Crippen molar-refractivity contribution < 1.29 is 9.90 Å². The Hall–Kier alpha value is -2.90. The molecule has 0 spiro atoms. The van der Waals surface area contributed by atoms with Gasteiger partial charge in [-0.05, 0) is 35.9 Å². The second kappa shape index (κ2) is 7.55. The van der Waals surface area contributed by atoms with Gasteiger partial charge in [0.05, 0.1) is 10.0 Å². The molecule has 0 atom stereocenters. The fraction of sp³-hybridized carbons (Fsp3) is 0.0588. The highest BCUT2D eigenvalue weighted by Crippen LogP contribution is 2.29. The molecule has 134 valence electrons. The fourth-order valence-corrected chi connectivity index (χ4v) is 2.62. The monoisotopic (exact) mass is 391 g/mol. The number of rotatable bonds is 6. The minimum atomic E-state index is -0.644. The summed E-state index contributed by atoms with van der Waals surface area (Å²) in [5.74, 6) is 0.186. The van der Waals surface area contributed by atoms with Crippen LogP contribution in [0.25, 0.3) is 0 Å². The Morgan fingerprint density at radius 1 is 1.15 bits per heavy atom. The summed E-state index contributed by atoms with van der Waals surface area (Å²) in [4.78, 5) is 11.9. The molecule has 0 fully saturated rings. The van der Waals surface area contributed by atoms with Crippen LogP contribution in [0.15, 0.2) is 42.5 Å². The highest BCUT2D eigenvalue weighted by Gasteiger charge is 2.18. The molecule has 0 saturated heterocycles. The van der Waals surface area contributed by atoms with Gasteiger partial charge in [0, 0.05) is 12.2 Å². The van der Waals surface area contributed by atoms with Gasteiger partial charge in [0.1, 0.15) is 17.1 Å². The summed E-state index contributed by atoms with van der Waals surface area (Å²) in [6, 6.07) is 11.6. The zero-order valence-corrected chi connectivity index (χ0v) is 14.9. The molecule has 26 heavy (non-hydrogen) atoms. The molecule has 0 aliphatic carbocycles. The van der Waals surface area contributed by atoms with E-state index in [0.29, 0.717) is 33.9 Å². The number of hydrogen-bond acceptors (Lipinski definition) is 5. The number of aromatic nitrogens is 2. The highest BCUT2D eigenvalue weighted by molar-refractivity contribution is 6.42. The van der Waals surface area contributed by atoms with Crippen LogP contribution in [-0.2, 0) is 6.54 Å². The predicted molar refractivity (Wildman–Crippen MR) is 102 cm³/mol. The molecule has 3 rings (SSSR count). The Morgan fingerprint density at radius 3 is 2.54 bits per heavy atom. The standard InChI is InChI=1S/C17H15Cl2N5O2/c18-12-6-3-10(7-13(12)19)22-17-14(15(20)26)16(23-24-17)21-8-9-1-4-11(25)5-2-9/h1-7,25H,8H2,(H2,20,26)(H3,21,22,23,24). The van der Waals surface area contributed by atoms with E-state index in [9.17, 15) is 9.90 Å². The lowest BCUT2D eigenvalue weighted by atomic mass is 10.2. The van der Waals surface area contributed by atoms with E-state index in [4.69, 9.17) is 28.9 Å². The predicted octanol–water partition coefficient (Wildman–Crippen LogP) is 3.88. The Bertz CT molecular complexity index is 941. The number of carbonyl (C=O) groups is 1. The molecule has 0 saturated carbocycles. The number of halogens is 2. The number of nitrogens with two attached hydrogens (primary N) is 1. The third kappa shape index (κ3) is 4.01. The van der Waals surface area contributed by atoms with Crippen LogP contribution in [0.2, 0.25) is 10.0 Å². The van der Waals surface area contributed by atoms with Crippen molar-refractivity contribution in [3.05, 3.63) is 63.6 Å². The Kier molecular flexibility index (Phi) is 5.20. The van der Waals surface area contributed by atoms with Crippen molar-refractivity contribution in [2.45, 2.75) is 6.54 Å². The lowest BCUT2D eigenvalue weighted by Gasteiger charge is -2.08. The second-order valence-electron chi connectivity index (χ2n) is 5.46. The van der Waals surface area contributed by atoms with Crippen molar-refractivity contribution in [3.63, 3.8) is 0 Å². The molecule has 0 bridgehead atoms. The van der Waals surface area contributed by atoms with E-state index in [2.05, 4.69) is 20.8 Å². The molecule has 7 nitrogen and oxygen atoms in total. The zero-order chi connectivity index (χ0) is 18.7. The van der Waals surface area contributed by atoms with Crippen LogP contribution in [0, 0.1) is 0 Å². The molecule has 0 radical (unpaired) electrons. The van der Waals surface area contributed by atoms with Gasteiger partial charge in [0.2, 0.25) is 0 Å². The van der Waals surface area contributed by atoms with Gasteiger partial charge in [0.15, 0.2) is 5.82 Å². The van der Waals surface area contributed by atoms with E-state index in [1.165, 1.54) is 0 Å². The molecule has 9 heteroatoms. The first-order chi connectivity index (χ1) is 12.4. The minimum absolute atomic E-state index is 0.180. The largest absolute Gasteiger partial charge is 0.508 e. The Labute approximate surface area is 159 Å².